The van der Waals surface area contributed by atoms with Crippen LogP contribution in [0.1, 0.15) is 54.1 Å². The van der Waals surface area contributed by atoms with Crippen molar-refractivity contribution in [2.24, 2.45) is 5.41 Å². The highest BCUT2D eigenvalue weighted by Gasteiger charge is 2.45. The molecule has 4 nitrogen and oxygen atoms in total. The molecule has 1 aromatic rings. The number of aryl methyl sites for hydroxylation is 2. The van der Waals surface area contributed by atoms with Crippen LogP contribution in [0.2, 0.25) is 0 Å². The minimum atomic E-state index is -0.841. The Morgan fingerprint density at radius 2 is 2.00 bits per heavy atom. The SMILES string of the molecule is CC1(C(=O)O)CCCC1NC(=O)c1ccc2c(c1)CCC2. The molecule has 1 aromatic carbocycles. The van der Waals surface area contributed by atoms with Crippen molar-refractivity contribution >= 4 is 11.9 Å². The molecule has 1 fully saturated rings. The van der Waals surface area contributed by atoms with Crippen molar-refractivity contribution in [1.29, 1.82) is 0 Å². The van der Waals surface area contributed by atoms with Crippen molar-refractivity contribution in [3.05, 3.63) is 34.9 Å². The molecule has 0 aromatic heterocycles. The van der Waals surface area contributed by atoms with E-state index < -0.39 is 11.4 Å². The Bertz CT molecular complexity index is 596. The van der Waals surface area contributed by atoms with Crippen molar-refractivity contribution in [2.45, 2.75) is 51.5 Å². The Hall–Kier alpha value is -1.84. The van der Waals surface area contributed by atoms with E-state index in [-0.39, 0.29) is 11.9 Å². The summed E-state index contributed by atoms with van der Waals surface area (Å²) in [5.41, 5.74) is 2.40. The average Bonchev–Trinajstić information content (AvgIpc) is 3.06. The van der Waals surface area contributed by atoms with Gasteiger partial charge >= 0.3 is 5.97 Å². The summed E-state index contributed by atoms with van der Waals surface area (Å²) in [5.74, 6) is -0.969. The summed E-state index contributed by atoms with van der Waals surface area (Å²) >= 11 is 0. The summed E-state index contributed by atoms with van der Waals surface area (Å²) in [5, 5.41) is 12.3. The van der Waals surface area contributed by atoms with Crippen LogP contribution in [0.3, 0.4) is 0 Å². The lowest BCUT2D eigenvalue weighted by Crippen LogP contribution is -2.47. The van der Waals surface area contributed by atoms with Crippen molar-refractivity contribution < 1.29 is 14.7 Å². The summed E-state index contributed by atoms with van der Waals surface area (Å²) in [6, 6.07) is 5.57. The quantitative estimate of drug-likeness (QED) is 0.898. The zero-order valence-electron chi connectivity index (χ0n) is 12.3. The predicted octanol–water partition coefficient (Wildman–Crippen LogP) is 2.55. The van der Waals surface area contributed by atoms with Crippen LogP contribution >= 0.6 is 0 Å². The number of fused-ring (bicyclic) bond motifs is 1. The van der Waals surface area contributed by atoms with E-state index >= 15 is 0 Å². The first-order valence-electron chi connectivity index (χ1n) is 7.67. The van der Waals surface area contributed by atoms with E-state index in [4.69, 9.17) is 0 Å². The number of hydrogen-bond acceptors (Lipinski definition) is 2. The molecular weight excluding hydrogens is 266 g/mol. The lowest BCUT2D eigenvalue weighted by molar-refractivity contribution is -0.148. The summed E-state index contributed by atoms with van der Waals surface area (Å²) in [6.45, 7) is 1.73. The van der Waals surface area contributed by atoms with Crippen LogP contribution in [0.25, 0.3) is 0 Å². The fourth-order valence-electron chi connectivity index (χ4n) is 3.61. The van der Waals surface area contributed by atoms with Crippen LogP contribution in [0.4, 0.5) is 0 Å². The first kappa shape index (κ1) is 14.1. The molecule has 1 saturated carbocycles. The van der Waals surface area contributed by atoms with Gasteiger partial charge in [-0.3, -0.25) is 9.59 Å². The molecule has 21 heavy (non-hydrogen) atoms. The van der Waals surface area contributed by atoms with Crippen LogP contribution in [-0.2, 0) is 17.6 Å². The molecule has 0 aliphatic heterocycles. The van der Waals surface area contributed by atoms with Crippen LogP contribution in [-0.4, -0.2) is 23.0 Å². The van der Waals surface area contributed by atoms with Crippen molar-refractivity contribution in [3.63, 3.8) is 0 Å². The Kier molecular flexibility index (Phi) is 3.47. The molecule has 0 heterocycles. The highest BCUT2D eigenvalue weighted by atomic mass is 16.4. The first-order valence-corrected chi connectivity index (χ1v) is 7.67. The van der Waals surface area contributed by atoms with E-state index in [0.29, 0.717) is 12.0 Å². The Balaban J connectivity index is 1.76. The third-order valence-corrected chi connectivity index (χ3v) is 5.11. The fourth-order valence-corrected chi connectivity index (χ4v) is 3.61. The van der Waals surface area contributed by atoms with Gasteiger partial charge < -0.3 is 10.4 Å². The van der Waals surface area contributed by atoms with Gasteiger partial charge in [-0.15, -0.1) is 0 Å². The molecule has 2 unspecified atom stereocenters. The number of carbonyl (C=O) groups excluding carboxylic acids is 1. The Morgan fingerprint density at radius 1 is 1.24 bits per heavy atom. The number of benzene rings is 1. The maximum absolute atomic E-state index is 12.4. The fraction of sp³-hybridized carbons (Fsp3) is 0.529. The second-order valence-corrected chi connectivity index (χ2v) is 6.48. The van der Waals surface area contributed by atoms with Gasteiger partial charge in [-0.05, 0) is 62.3 Å². The maximum atomic E-state index is 12.4. The third kappa shape index (κ3) is 2.43. The molecule has 0 bridgehead atoms. The summed E-state index contributed by atoms with van der Waals surface area (Å²) in [7, 11) is 0. The Morgan fingerprint density at radius 3 is 2.76 bits per heavy atom. The second kappa shape index (κ2) is 5.17. The minimum Gasteiger partial charge on any atom is -0.481 e. The molecule has 4 heteroatoms. The van der Waals surface area contributed by atoms with E-state index in [1.807, 2.05) is 18.2 Å². The summed E-state index contributed by atoms with van der Waals surface area (Å²) in [6.07, 6.45) is 5.48. The van der Waals surface area contributed by atoms with E-state index in [9.17, 15) is 14.7 Å². The van der Waals surface area contributed by atoms with Crippen LogP contribution in [0.5, 0.6) is 0 Å². The lowest BCUT2D eigenvalue weighted by atomic mass is 9.85. The minimum absolute atomic E-state index is 0.149. The highest BCUT2D eigenvalue weighted by Crippen LogP contribution is 2.38. The molecule has 3 rings (SSSR count). The smallest absolute Gasteiger partial charge is 0.311 e. The zero-order valence-corrected chi connectivity index (χ0v) is 12.3. The molecule has 0 radical (unpaired) electrons. The standard InChI is InChI=1S/C17H21NO3/c1-17(16(20)21)9-3-6-14(17)18-15(19)13-8-7-11-4-2-5-12(11)10-13/h7-8,10,14H,2-6,9H2,1H3,(H,18,19)(H,20,21). The zero-order chi connectivity index (χ0) is 15.0. The molecule has 2 atom stereocenters. The van der Waals surface area contributed by atoms with Gasteiger partial charge in [0.15, 0.2) is 0 Å². The molecule has 1 amide bonds. The van der Waals surface area contributed by atoms with E-state index in [0.717, 1.165) is 32.1 Å². The van der Waals surface area contributed by atoms with Gasteiger partial charge in [-0.2, -0.15) is 0 Å². The number of amides is 1. The van der Waals surface area contributed by atoms with E-state index in [1.54, 1.807) is 6.92 Å². The van der Waals surface area contributed by atoms with Gasteiger partial charge in [0.2, 0.25) is 0 Å². The first-order chi connectivity index (χ1) is 10.0. The monoisotopic (exact) mass is 287 g/mol. The molecule has 2 aliphatic rings. The molecule has 0 saturated heterocycles. The van der Waals surface area contributed by atoms with Crippen LogP contribution in [0.15, 0.2) is 18.2 Å². The second-order valence-electron chi connectivity index (χ2n) is 6.48. The molecule has 2 aliphatic carbocycles. The number of carboxylic acids is 1. The highest BCUT2D eigenvalue weighted by molar-refractivity contribution is 5.95. The third-order valence-electron chi connectivity index (χ3n) is 5.11. The number of carbonyl (C=O) groups is 2. The lowest BCUT2D eigenvalue weighted by Gasteiger charge is -2.27. The number of hydrogen-bond donors (Lipinski definition) is 2. The van der Waals surface area contributed by atoms with Gasteiger partial charge in [-0.1, -0.05) is 12.5 Å². The summed E-state index contributed by atoms with van der Waals surface area (Å²) < 4.78 is 0. The number of aliphatic carboxylic acids is 1. The molecule has 112 valence electrons. The van der Waals surface area contributed by atoms with Gasteiger partial charge in [-0.25, -0.2) is 0 Å². The van der Waals surface area contributed by atoms with Crippen LogP contribution in [0, 0.1) is 5.41 Å². The average molecular weight is 287 g/mol. The number of rotatable bonds is 3. The molecular formula is C17H21NO3. The van der Waals surface area contributed by atoms with E-state index in [2.05, 4.69) is 5.32 Å². The van der Waals surface area contributed by atoms with E-state index in [1.165, 1.54) is 11.1 Å². The maximum Gasteiger partial charge on any atom is 0.311 e. The molecule has 0 spiro atoms. The summed E-state index contributed by atoms with van der Waals surface area (Å²) in [4.78, 5) is 23.9. The normalized spacial score (nSPS) is 27.4. The Labute approximate surface area is 124 Å². The number of nitrogens with one attached hydrogen (secondary N) is 1. The topological polar surface area (TPSA) is 66.4 Å². The number of carboxylic acid groups (broad SMARTS) is 1. The molecule has 2 N–H and O–H groups in total. The van der Waals surface area contributed by atoms with Gasteiger partial charge in [0.25, 0.3) is 5.91 Å². The van der Waals surface area contributed by atoms with Gasteiger partial charge in [0, 0.05) is 11.6 Å². The van der Waals surface area contributed by atoms with Crippen molar-refractivity contribution in [2.75, 3.05) is 0 Å². The van der Waals surface area contributed by atoms with Crippen molar-refractivity contribution in [1.82, 2.24) is 5.32 Å². The van der Waals surface area contributed by atoms with Gasteiger partial charge in [0.1, 0.15) is 0 Å². The van der Waals surface area contributed by atoms with Crippen LogP contribution < -0.4 is 5.32 Å². The largest absolute Gasteiger partial charge is 0.481 e. The van der Waals surface area contributed by atoms with Gasteiger partial charge in [0.05, 0.1) is 5.41 Å². The van der Waals surface area contributed by atoms with Crippen molar-refractivity contribution in [3.8, 4) is 0 Å². The predicted molar refractivity (Wildman–Crippen MR) is 79.3 cm³/mol.